The lowest BCUT2D eigenvalue weighted by Crippen LogP contribution is -2.36. The van der Waals surface area contributed by atoms with Gasteiger partial charge in [-0.3, -0.25) is 0 Å². The number of nitrogens with zero attached hydrogens (tertiary/aromatic N) is 1. The second-order valence-corrected chi connectivity index (χ2v) is 11.0. The molecule has 1 aliphatic rings. The van der Waals surface area contributed by atoms with Crippen LogP contribution in [0.2, 0.25) is 0 Å². The maximum absolute atomic E-state index is 14.7. The first kappa shape index (κ1) is 26.4. The predicted octanol–water partition coefficient (Wildman–Crippen LogP) is 6.24. The summed E-state index contributed by atoms with van der Waals surface area (Å²) in [5.41, 5.74) is 0.408. The molecule has 0 bridgehead atoms. The smallest absolute Gasteiger partial charge is 0.463 e. The van der Waals surface area contributed by atoms with Crippen LogP contribution in [0, 0.1) is 0 Å². The Balaban J connectivity index is 1.86. The zero-order chi connectivity index (χ0) is 26.3. The SMILES string of the molecule is CCOC(=O)/C=C(\C(=O)OCC)N1c2ccccc2SC1P(=O)(Oc1ccccc1)Oc1ccccc1. The maximum Gasteiger partial charge on any atom is 0.464 e. The number of hydrogen-bond acceptors (Lipinski definition) is 9. The molecule has 3 aromatic rings. The Morgan fingerprint density at radius 3 is 1.95 bits per heavy atom. The highest BCUT2D eigenvalue weighted by atomic mass is 32.2. The quantitative estimate of drug-likeness (QED) is 0.169. The van der Waals surface area contributed by atoms with Crippen LogP contribution in [0.15, 0.2) is 102 Å². The monoisotopic (exact) mass is 539 g/mol. The standard InChI is InChI=1S/C27H26NO7PS/c1-3-32-25(29)19-23(26(30)33-4-2)28-22-17-11-12-18-24(22)37-27(28)36(31,34-20-13-7-5-8-14-20)35-21-15-9-6-10-16-21/h5-19,27H,3-4H2,1-2H3/b23-19+. The Kier molecular flexibility index (Phi) is 8.58. The average Bonchev–Trinajstić information content (AvgIpc) is 3.29. The molecule has 0 fully saturated rings. The molecule has 8 nitrogen and oxygen atoms in total. The third kappa shape index (κ3) is 6.18. The summed E-state index contributed by atoms with van der Waals surface area (Å²) in [4.78, 5) is 27.8. The van der Waals surface area contributed by atoms with E-state index in [1.54, 1.807) is 74.5 Å². The van der Waals surface area contributed by atoms with Gasteiger partial charge < -0.3 is 23.4 Å². The lowest BCUT2D eigenvalue weighted by atomic mass is 10.2. The minimum absolute atomic E-state index is 0.0744. The van der Waals surface area contributed by atoms with Crippen LogP contribution in [0.5, 0.6) is 11.5 Å². The fraction of sp³-hybridized carbons (Fsp3) is 0.185. The van der Waals surface area contributed by atoms with Crippen LogP contribution in [0.3, 0.4) is 0 Å². The topological polar surface area (TPSA) is 91.4 Å². The lowest BCUT2D eigenvalue weighted by molar-refractivity contribution is -0.141. The van der Waals surface area contributed by atoms with E-state index in [1.165, 1.54) is 16.7 Å². The van der Waals surface area contributed by atoms with Crippen molar-refractivity contribution in [2.24, 2.45) is 0 Å². The zero-order valence-electron chi connectivity index (χ0n) is 20.3. The Morgan fingerprint density at radius 1 is 0.838 bits per heavy atom. The van der Waals surface area contributed by atoms with E-state index in [2.05, 4.69) is 0 Å². The van der Waals surface area contributed by atoms with Gasteiger partial charge in [0, 0.05) is 4.90 Å². The van der Waals surface area contributed by atoms with Gasteiger partial charge in [-0.05, 0) is 50.2 Å². The van der Waals surface area contributed by atoms with Crippen LogP contribution in [0.1, 0.15) is 13.8 Å². The molecule has 37 heavy (non-hydrogen) atoms. The summed E-state index contributed by atoms with van der Waals surface area (Å²) in [7, 11) is -4.13. The van der Waals surface area contributed by atoms with E-state index in [0.29, 0.717) is 17.2 Å². The molecule has 0 radical (unpaired) electrons. The van der Waals surface area contributed by atoms with Gasteiger partial charge in [-0.1, -0.05) is 60.3 Å². The highest BCUT2D eigenvalue weighted by Gasteiger charge is 2.51. The van der Waals surface area contributed by atoms with Crippen molar-refractivity contribution in [3.8, 4) is 11.5 Å². The summed E-state index contributed by atoms with van der Waals surface area (Å²) < 4.78 is 37.2. The van der Waals surface area contributed by atoms with Gasteiger partial charge in [-0.25, -0.2) is 14.2 Å². The molecule has 0 amide bonds. The van der Waals surface area contributed by atoms with Gasteiger partial charge in [0.15, 0.2) is 0 Å². The second kappa shape index (κ2) is 12.0. The molecular formula is C27H26NO7PS. The van der Waals surface area contributed by atoms with Gasteiger partial charge in [0.05, 0.1) is 25.0 Å². The first-order valence-corrected chi connectivity index (χ1v) is 14.1. The van der Waals surface area contributed by atoms with Crippen LogP contribution in [-0.2, 0) is 23.6 Å². The first-order valence-electron chi connectivity index (χ1n) is 11.6. The minimum atomic E-state index is -4.13. The van der Waals surface area contributed by atoms with Crippen LogP contribution in [0.25, 0.3) is 0 Å². The summed E-state index contributed by atoms with van der Waals surface area (Å²) in [6.07, 6.45) is 1.05. The van der Waals surface area contributed by atoms with E-state index in [-0.39, 0.29) is 18.9 Å². The van der Waals surface area contributed by atoms with E-state index >= 15 is 0 Å². The van der Waals surface area contributed by atoms with Gasteiger partial charge in [-0.15, -0.1) is 0 Å². The Labute approximate surface area is 219 Å². The van der Waals surface area contributed by atoms with Gasteiger partial charge in [0.25, 0.3) is 0 Å². The van der Waals surface area contributed by atoms with Gasteiger partial charge in [0.1, 0.15) is 17.2 Å². The van der Waals surface area contributed by atoms with Crippen molar-refractivity contribution in [1.29, 1.82) is 0 Å². The molecule has 0 aliphatic carbocycles. The van der Waals surface area contributed by atoms with Crippen molar-refractivity contribution >= 4 is 37.0 Å². The molecule has 3 aromatic carbocycles. The third-order valence-corrected chi connectivity index (χ3v) is 8.90. The Bertz CT molecular complexity index is 1270. The van der Waals surface area contributed by atoms with Crippen molar-refractivity contribution in [3.63, 3.8) is 0 Å². The van der Waals surface area contributed by atoms with Crippen molar-refractivity contribution in [2.75, 3.05) is 18.1 Å². The number of hydrogen-bond donors (Lipinski definition) is 0. The Morgan fingerprint density at radius 2 is 1.38 bits per heavy atom. The number of fused-ring (bicyclic) bond motifs is 1. The highest BCUT2D eigenvalue weighted by Crippen LogP contribution is 2.64. The molecule has 0 saturated carbocycles. The molecule has 0 aromatic heterocycles. The van der Waals surface area contributed by atoms with Crippen LogP contribution < -0.4 is 13.9 Å². The number of ether oxygens (including phenoxy) is 2. The summed E-state index contributed by atoms with van der Waals surface area (Å²) in [6, 6.07) is 24.5. The van der Waals surface area contributed by atoms with E-state index in [9.17, 15) is 14.2 Å². The van der Waals surface area contributed by atoms with E-state index in [4.69, 9.17) is 18.5 Å². The molecule has 0 saturated heterocycles. The average molecular weight is 540 g/mol. The summed E-state index contributed by atoms with van der Waals surface area (Å²) in [6.45, 7) is 3.51. The van der Waals surface area contributed by atoms with E-state index in [0.717, 1.165) is 11.0 Å². The van der Waals surface area contributed by atoms with E-state index < -0.39 is 24.6 Å². The van der Waals surface area contributed by atoms with Crippen LogP contribution in [-0.4, -0.2) is 30.3 Å². The van der Waals surface area contributed by atoms with E-state index in [1.807, 2.05) is 24.3 Å². The highest BCUT2D eigenvalue weighted by molar-refractivity contribution is 8.06. The number of carbonyl (C=O) groups excluding carboxylic acids is 2. The first-order chi connectivity index (χ1) is 17.9. The maximum atomic E-state index is 14.7. The number of rotatable bonds is 10. The molecule has 10 heteroatoms. The third-order valence-electron chi connectivity index (χ3n) is 5.09. The molecule has 1 heterocycles. The fourth-order valence-corrected chi connectivity index (χ4v) is 7.29. The van der Waals surface area contributed by atoms with Gasteiger partial charge in [0.2, 0.25) is 5.11 Å². The van der Waals surface area contributed by atoms with Crippen molar-refractivity contribution in [1.82, 2.24) is 0 Å². The number of anilines is 1. The van der Waals surface area contributed by atoms with Crippen LogP contribution in [0.4, 0.5) is 5.69 Å². The largest absolute Gasteiger partial charge is 0.464 e. The number of benzene rings is 3. The second-order valence-electron chi connectivity index (χ2n) is 7.63. The molecule has 0 spiro atoms. The number of thioether (sulfide) groups is 1. The molecule has 4 rings (SSSR count). The molecule has 1 unspecified atom stereocenters. The van der Waals surface area contributed by atoms with Crippen molar-refractivity contribution in [3.05, 3.63) is 96.7 Å². The normalized spacial score (nSPS) is 15.0. The van der Waals surface area contributed by atoms with Gasteiger partial charge >= 0.3 is 19.5 Å². The molecule has 0 N–H and O–H groups in total. The number of esters is 2. The number of carbonyl (C=O) groups is 2. The molecular weight excluding hydrogens is 513 g/mol. The zero-order valence-corrected chi connectivity index (χ0v) is 22.0. The minimum Gasteiger partial charge on any atom is -0.463 e. The van der Waals surface area contributed by atoms with Crippen LogP contribution >= 0.6 is 19.4 Å². The van der Waals surface area contributed by atoms with Crippen molar-refractivity contribution < 1.29 is 32.7 Å². The van der Waals surface area contributed by atoms with Crippen molar-refractivity contribution in [2.45, 2.75) is 23.9 Å². The molecule has 1 atom stereocenters. The van der Waals surface area contributed by atoms with Gasteiger partial charge in [-0.2, -0.15) is 0 Å². The lowest BCUT2D eigenvalue weighted by Gasteiger charge is -2.32. The molecule has 1 aliphatic heterocycles. The predicted molar refractivity (Wildman–Crippen MR) is 142 cm³/mol. The summed E-state index contributed by atoms with van der Waals surface area (Å²) in [5, 5.41) is -1.07. The number of para-hydroxylation sites is 3. The summed E-state index contributed by atoms with van der Waals surface area (Å²) >= 11 is 1.21. The molecule has 192 valence electrons. The fourth-order valence-electron chi connectivity index (χ4n) is 3.59. The Hall–Kier alpha value is -3.68. The summed E-state index contributed by atoms with van der Waals surface area (Å²) in [5.74, 6) is -0.860.